The molecule has 0 radical (unpaired) electrons. The van der Waals surface area contributed by atoms with E-state index in [1.165, 1.54) is 4.90 Å². The summed E-state index contributed by atoms with van der Waals surface area (Å²) in [7, 11) is 3.38. The van der Waals surface area contributed by atoms with Gasteiger partial charge in [-0.3, -0.25) is 9.59 Å². The third-order valence-corrected chi connectivity index (χ3v) is 3.73. The van der Waals surface area contributed by atoms with Crippen LogP contribution < -0.4 is 5.32 Å². The van der Waals surface area contributed by atoms with Crippen LogP contribution in [0, 0.1) is 0 Å². The van der Waals surface area contributed by atoms with Gasteiger partial charge in [-0.1, -0.05) is 32.0 Å². The minimum atomic E-state index is -0.159. The Labute approximate surface area is 153 Å². The summed E-state index contributed by atoms with van der Waals surface area (Å²) in [6, 6.07) is 6.91. The quantitative estimate of drug-likeness (QED) is 0.857. The summed E-state index contributed by atoms with van der Waals surface area (Å²) < 4.78 is 5.22. The summed E-state index contributed by atoms with van der Waals surface area (Å²) in [5, 5.41) is 6.79. The number of anilines is 1. The maximum Gasteiger partial charge on any atom is 0.253 e. The van der Waals surface area contributed by atoms with Crippen LogP contribution >= 0.6 is 0 Å². The molecule has 140 valence electrons. The summed E-state index contributed by atoms with van der Waals surface area (Å²) in [4.78, 5) is 29.9. The molecule has 0 unspecified atom stereocenters. The average molecular weight is 358 g/mol. The van der Waals surface area contributed by atoms with Crippen molar-refractivity contribution in [1.82, 2.24) is 15.0 Å². The van der Waals surface area contributed by atoms with Crippen LogP contribution in [0.2, 0.25) is 0 Å². The highest BCUT2D eigenvalue weighted by Crippen LogP contribution is 2.19. The van der Waals surface area contributed by atoms with Gasteiger partial charge in [-0.2, -0.15) is 4.98 Å². The Kier molecular flexibility index (Phi) is 6.13. The number of amides is 2. The second kappa shape index (κ2) is 8.12. The fourth-order valence-electron chi connectivity index (χ4n) is 2.27. The molecule has 0 saturated carbocycles. The third-order valence-electron chi connectivity index (χ3n) is 3.73. The van der Waals surface area contributed by atoms with Gasteiger partial charge in [0.2, 0.25) is 11.8 Å². The van der Waals surface area contributed by atoms with Crippen LogP contribution in [0.3, 0.4) is 0 Å². The third kappa shape index (κ3) is 5.40. The van der Waals surface area contributed by atoms with Gasteiger partial charge in [0.05, 0.1) is 0 Å². The lowest BCUT2D eigenvalue weighted by atomic mass is 9.96. The smallest absolute Gasteiger partial charge is 0.253 e. The molecule has 26 heavy (non-hydrogen) atoms. The number of hydrogen-bond donors (Lipinski definition) is 1. The summed E-state index contributed by atoms with van der Waals surface area (Å²) in [6.07, 6.45) is 1.49. The second-order valence-electron chi connectivity index (χ2n) is 7.44. The zero-order valence-corrected chi connectivity index (χ0v) is 16.0. The molecule has 0 atom stereocenters. The molecule has 1 N–H and O–H groups in total. The van der Waals surface area contributed by atoms with E-state index < -0.39 is 0 Å². The molecular formula is C19H26N4O3. The molecule has 7 heteroatoms. The first-order valence-corrected chi connectivity index (χ1v) is 8.61. The molecule has 2 aromatic rings. The Morgan fingerprint density at radius 1 is 1.23 bits per heavy atom. The Morgan fingerprint density at radius 3 is 2.58 bits per heavy atom. The van der Waals surface area contributed by atoms with E-state index in [-0.39, 0.29) is 17.2 Å². The lowest BCUT2D eigenvalue weighted by Gasteiger charge is -2.11. The number of aromatic nitrogens is 2. The van der Waals surface area contributed by atoms with E-state index in [0.29, 0.717) is 42.2 Å². The summed E-state index contributed by atoms with van der Waals surface area (Å²) in [5.41, 5.74) is 0.984. The number of carbonyl (C=O) groups is 2. The first-order chi connectivity index (χ1) is 12.2. The number of benzene rings is 1. The highest BCUT2D eigenvalue weighted by atomic mass is 16.5. The summed E-state index contributed by atoms with van der Waals surface area (Å²) >= 11 is 0. The van der Waals surface area contributed by atoms with Crippen LogP contribution in [0.5, 0.6) is 0 Å². The zero-order valence-electron chi connectivity index (χ0n) is 16.0. The first kappa shape index (κ1) is 19.6. The minimum absolute atomic E-state index is 0.104. The van der Waals surface area contributed by atoms with Gasteiger partial charge >= 0.3 is 0 Å². The predicted molar refractivity (Wildman–Crippen MR) is 99.0 cm³/mol. The van der Waals surface area contributed by atoms with Crippen molar-refractivity contribution in [3.63, 3.8) is 0 Å². The minimum Gasteiger partial charge on any atom is -0.345 e. The van der Waals surface area contributed by atoms with Crippen LogP contribution in [0.15, 0.2) is 28.8 Å². The molecule has 2 amide bonds. The molecule has 1 aromatic heterocycles. The van der Waals surface area contributed by atoms with Gasteiger partial charge in [0.1, 0.15) is 0 Å². The Hall–Kier alpha value is -2.70. The van der Waals surface area contributed by atoms with Crippen molar-refractivity contribution < 1.29 is 14.1 Å². The van der Waals surface area contributed by atoms with E-state index in [1.54, 1.807) is 38.4 Å². The van der Waals surface area contributed by atoms with Gasteiger partial charge in [-0.25, -0.2) is 0 Å². The van der Waals surface area contributed by atoms with E-state index >= 15 is 0 Å². The number of rotatable bonds is 6. The van der Waals surface area contributed by atoms with Gasteiger partial charge in [-0.15, -0.1) is 0 Å². The summed E-state index contributed by atoms with van der Waals surface area (Å²) in [6.45, 7) is 6.05. The highest BCUT2D eigenvalue weighted by Gasteiger charge is 2.20. The molecule has 0 aliphatic rings. The van der Waals surface area contributed by atoms with E-state index in [1.807, 2.05) is 20.8 Å². The van der Waals surface area contributed by atoms with E-state index in [4.69, 9.17) is 4.52 Å². The molecule has 2 rings (SSSR count). The normalized spacial score (nSPS) is 11.3. The van der Waals surface area contributed by atoms with Crippen molar-refractivity contribution in [2.45, 2.75) is 45.4 Å². The van der Waals surface area contributed by atoms with Crippen LogP contribution in [0.25, 0.3) is 0 Å². The maximum absolute atomic E-state index is 12.1. The number of nitrogens with zero attached hydrogens (tertiary/aromatic N) is 3. The van der Waals surface area contributed by atoms with E-state index in [9.17, 15) is 9.59 Å². The largest absolute Gasteiger partial charge is 0.345 e. The molecule has 0 spiro atoms. The predicted octanol–water partition coefficient (Wildman–Crippen LogP) is 3.03. The van der Waals surface area contributed by atoms with Crippen molar-refractivity contribution >= 4 is 17.5 Å². The van der Waals surface area contributed by atoms with Crippen molar-refractivity contribution in [3.8, 4) is 0 Å². The van der Waals surface area contributed by atoms with Crippen LogP contribution in [0.1, 0.15) is 55.7 Å². The van der Waals surface area contributed by atoms with Crippen LogP contribution in [0.4, 0.5) is 5.69 Å². The number of aryl methyl sites for hydroxylation is 1. The lowest BCUT2D eigenvalue weighted by molar-refractivity contribution is -0.116. The standard InChI is InChI=1S/C19H26N4O3/c1-19(2,3)18-21-16(26-22-18)11-7-10-15(24)20-14-9-6-8-13(12-14)17(25)23(4)5/h6,8-9,12H,7,10-11H2,1-5H3,(H,20,24). The van der Waals surface area contributed by atoms with Crippen molar-refractivity contribution in [2.75, 3.05) is 19.4 Å². The van der Waals surface area contributed by atoms with Crippen molar-refractivity contribution in [2.24, 2.45) is 0 Å². The fraction of sp³-hybridized carbons (Fsp3) is 0.474. The molecule has 7 nitrogen and oxygen atoms in total. The highest BCUT2D eigenvalue weighted by molar-refractivity contribution is 5.96. The van der Waals surface area contributed by atoms with Gasteiger partial charge in [0.15, 0.2) is 5.82 Å². The monoisotopic (exact) mass is 358 g/mol. The molecule has 0 aliphatic carbocycles. The molecule has 0 saturated heterocycles. The molecule has 1 aromatic carbocycles. The number of hydrogen-bond acceptors (Lipinski definition) is 5. The average Bonchev–Trinajstić information content (AvgIpc) is 3.03. The number of carbonyl (C=O) groups excluding carboxylic acids is 2. The molecule has 0 fully saturated rings. The summed E-state index contributed by atoms with van der Waals surface area (Å²) in [5.74, 6) is 0.989. The Balaban J connectivity index is 1.85. The Bertz CT molecular complexity index is 775. The lowest BCUT2D eigenvalue weighted by Crippen LogP contribution is -2.21. The van der Waals surface area contributed by atoms with Crippen LogP contribution in [-0.4, -0.2) is 41.0 Å². The van der Waals surface area contributed by atoms with Crippen molar-refractivity contribution in [3.05, 3.63) is 41.5 Å². The molecular weight excluding hydrogens is 332 g/mol. The van der Waals surface area contributed by atoms with E-state index in [2.05, 4.69) is 15.5 Å². The molecule has 0 bridgehead atoms. The zero-order chi connectivity index (χ0) is 19.3. The molecule has 0 aliphatic heterocycles. The SMILES string of the molecule is CN(C)C(=O)c1cccc(NC(=O)CCCc2nc(C(C)(C)C)no2)c1. The first-order valence-electron chi connectivity index (χ1n) is 8.61. The number of nitrogens with one attached hydrogen (secondary N) is 1. The van der Waals surface area contributed by atoms with Gasteiger partial charge < -0.3 is 14.7 Å². The maximum atomic E-state index is 12.1. The Morgan fingerprint density at radius 2 is 1.96 bits per heavy atom. The molecule has 1 heterocycles. The van der Waals surface area contributed by atoms with E-state index in [0.717, 1.165) is 0 Å². The van der Waals surface area contributed by atoms with Gasteiger partial charge in [-0.05, 0) is 24.6 Å². The van der Waals surface area contributed by atoms with Crippen LogP contribution in [-0.2, 0) is 16.6 Å². The van der Waals surface area contributed by atoms with Gasteiger partial charge in [0, 0.05) is 43.6 Å². The fourth-order valence-corrected chi connectivity index (χ4v) is 2.27. The topological polar surface area (TPSA) is 88.3 Å². The van der Waals surface area contributed by atoms with Gasteiger partial charge in [0.25, 0.3) is 5.91 Å². The second-order valence-corrected chi connectivity index (χ2v) is 7.44. The van der Waals surface area contributed by atoms with Crippen molar-refractivity contribution in [1.29, 1.82) is 0 Å².